The first-order valence-corrected chi connectivity index (χ1v) is 9.36. The van der Waals surface area contributed by atoms with Crippen LogP contribution >= 0.6 is 11.6 Å². The number of rotatable bonds is 3. The van der Waals surface area contributed by atoms with Crippen LogP contribution in [-0.2, 0) is 25.6 Å². The summed E-state index contributed by atoms with van der Waals surface area (Å²) in [4.78, 5) is 5.55. The van der Waals surface area contributed by atoms with Gasteiger partial charge in [0.15, 0.2) is 0 Å². The largest absolute Gasteiger partial charge is 0.433 e. The van der Waals surface area contributed by atoms with Crippen molar-refractivity contribution >= 4 is 22.5 Å². The zero-order valence-electron chi connectivity index (χ0n) is 15.1. The molecule has 2 aromatic heterocycles. The molecule has 0 amide bonds. The standard InChI is InChI=1S/C20H18ClF4N3/c1-27-8-7-15-18(19(27)21)14-4-3-13(22)10-16(14)28(15)9-6-12-2-5-17(26-11-12)20(23,24)25/h2-5,10-11,19H,6-9H2,1H3. The molecule has 0 fully saturated rings. The Balaban J connectivity index is 1.68. The highest BCUT2D eigenvalue weighted by Crippen LogP contribution is 2.39. The number of alkyl halides is 4. The Kier molecular flexibility index (Phi) is 4.83. The number of aromatic nitrogens is 2. The average Bonchev–Trinajstić information content (AvgIpc) is 2.96. The Labute approximate surface area is 164 Å². The van der Waals surface area contributed by atoms with E-state index < -0.39 is 11.9 Å². The summed E-state index contributed by atoms with van der Waals surface area (Å²) < 4.78 is 54.0. The van der Waals surface area contributed by atoms with Gasteiger partial charge in [-0.1, -0.05) is 6.07 Å². The third-order valence-corrected chi connectivity index (χ3v) is 5.79. The van der Waals surface area contributed by atoms with Gasteiger partial charge in [0.1, 0.15) is 17.0 Å². The van der Waals surface area contributed by atoms with Gasteiger partial charge in [0.25, 0.3) is 0 Å². The van der Waals surface area contributed by atoms with E-state index in [0.717, 1.165) is 41.2 Å². The molecule has 1 aliphatic heterocycles. The third-order valence-electron chi connectivity index (χ3n) is 5.24. The molecule has 0 N–H and O–H groups in total. The van der Waals surface area contributed by atoms with Gasteiger partial charge in [-0.15, -0.1) is 11.6 Å². The van der Waals surface area contributed by atoms with Crippen LogP contribution in [0.25, 0.3) is 10.9 Å². The van der Waals surface area contributed by atoms with E-state index in [1.54, 1.807) is 6.07 Å². The summed E-state index contributed by atoms with van der Waals surface area (Å²) in [5, 5.41) is 0.911. The zero-order valence-corrected chi connectivity index (χ0v) is 15.9. The van der Waals surface area contributed by atoms with Crippen molar-refractivity contribution in [2.75, 3.05) is 13.6 Å². The molecule has 0 saturated carbocycles. The average molecular weight is 412 g/mol. The Hall–Kier alpha value is -2.12. The van der Waals surface area contributed by atoms with Crippen LogP contribution in [0.4, 0.5) is 17.6 Å². The van der Waals surface area contributed by atoms with E-state index >= 15 is 0 Å². The number of aryl methyl sites for hydroxylation is 2. The van der Waals surface area contributed by atoms with Gasteiger partial charge in [-0.2, -0.15) is 13.2 Å². The highest BCUT2D eigenvalue weighted by molar-refractivity contribution is 6.21. The molecule has 1 aromatic carbocycles. The van der Waals surface area contributed by atoms with Crippen LogP contribution in [0.15, 0.2) is 36.5 Å². The van der Waals surface area contributed by atoms with Gasteiger partial charge in [-0.3, -0.25) is 9.88 Å². The molecule has 8 heteroatoms. The number of hydrogen-bond acceptors (Lipinski definition) is 2. The Bertz CT molecular complexity index is 1010. The molecule has 28 heavy (non-hydrogen) atoms. The van der Waals surface area contributed by atoms with Crippen molar-refractivity contribution in [1.29, 1.82) is 0 Å². The molecule has 0 radical (unpaired) electrons. The molecule has 0 spiro atoms. The van der Waals surface area contributed by atoms with Gasteiger partial charge in [0, 0.05) is 42.4 Å². The SMILES string of the molecule is CN1CCc2c(c3ccc(F)cc3n2CCc2ccc(C(F)(F)F)nc2)C1Cl. The fraction of sp³-hybridized carbons (Fsp3) is 0.350. The maximum atomic E-state index is 13.9. The van der Waals surface area contributed by atoms with Crippen LogP contribution < -0.4 is 0 Å². The van der Waals surface area contributed by atoms with Gasteiger partial charge >= 0.3 is 6.18 Å². The van der Waals surface area contributed by atoms with Crippen molar-refractivity contribution in [2.24, 2.45) is 0 Å². The molecule has 0 bridgehead atoms. The minimum atomic E-state index is -4.45. The van der Waals surface area contributed by atoms with Crippen molar-refractivity contribution in [3.05, 3.63) is 64.9 Å². The first kappa shape index (κ1) is 19.2. The molecule has 0 aliphatic carbocycles. The third kappa shape index (κ3) is 3.37. The van der Waals surface area contributed by atoms with Gasteiger partial charge in [0.2, 0.25) is 0 Å². The highest BCUT2D eigenvalue weighted by atomic mass is 35.5. The summed E-state index contributed by atoms with van der Waals surface area (Å²) >= 11 is 6.61. The normalized spacial score (nSPS) is 17.9. The van der Waals surface area contributed by atoms with Crippen LogP contribution in [0.5, 0.6) is 0 Å². The van der Waals surface area contributed by atoms with Crippen LogP contribution in [0.2, 0.25) is 0 Å². The van der Waals surface area contributed by atoms with Gasteiger partial charge in [-0.25, -0.2) is 4.39 Å². The first-order valence-electron chi connectivity index (χ1n) is 8.92. The molecule has 1 unspecified atom stereocenters. The van der Waals surface area contributed by atoms with E-state index in [1.807, 2.05) is 16.5 Å². The lowest BCUT2D eigenvalue weighted by Gasteiger charge is -2.29. The second-order valence-electron chi connectivity index (χ2n) is 7.04. The predicted octanol–water partition coefficient (Wildman–Crippen LogP) is 5.16. The van der Waals surface area contributed by atoms with Crippen molar-refractivity contribution < 1.29 is 17.6 Å². The fourth-order valence-corrected chi connectivity index (χ4v) is 4.13. The summed E-state index contributed by atoms with van der Waals surface area (Å²) in [6, 6.07) is 7.08. The van der Waals surface area contributed by atoms with E-state index in [0.29, 0.717) is 18.5 Å². The van der Waals surface area contributed by atoms with Crippen molar-refractivity contribution in [3.63, 3.8) is 0 Å². The van der Waals surface area contributed by atoms with E-state index in [-0.39, 0.29) is 11.3 Å². The van der Waals surface area contributed by atoms with E-state index in [9.17, 15) is 17.6 Å². The topological polar surface area (TPSA) is 21.1 Å². The molecule has 3 nitrogen and oxygen atoms in total. The number of fused-ring (bicyclic) bond motifs is 3. The summed E-state index contributed by atoms with van der Waals surface area (Å²) in [5.41, 5.74) is 2.27. The van der Waals surface area contributed by atoms with Gasteiger partial charge in [-0.05, 0) is 43.3 Å². The maximum absolute atomic E-state index is 13.9. The molecule has 0 saturated heterocycles. The first-order chi connectivity index (χ1) is 13.3. The number of halogens is 5. The van der Waals surface area contributed by atoms with Gasteiger partial charge in [0.05, 0.1) is 5.52 Å². The molecule has 3 aromatic rings. The second-order valence-corrected chi connectivity index (χ2v) is 7.45. The monoisotopic (exact) mass is 411 g/mol. The zero-order chi connectivity index (χ0) is 20.1. The maximum Gasteiger partial charge on any atom is 0.433 e. The summed E-state index contributed by atoms with van der Waals surface area (Å²) in [6.45, 7) is 1.29. The number of benzene rings is 1. The molecular formula is C20H18ClF4N3. The predicted molar refractivity (Wildman–Crippen MR) is 99.8 cm³/mol. The summed E-state index contributed by atoms with van der Waals surface area (Å²) in [7, 11) is 1.95. The molecular weight excluding hydrogens is 394 g/mol. The smallest absolute Gasteiger partial charge is 0.344 e. The number of likely N-dealkylation sites (N-methyl/N-ethyl adjacent to an activating group) is 1. The van der Waals surface area contributed by atoms with Crippen LogP contribution in [0, 0.1) is 5.82 Å². The molecule has 1 atom stereocenters. The Morgan fingerprint density at radius 3 is 2.68 bits per heavy atom. The van der Waals surface area contributed by atoms with E-state index in [1.165, 1.54) is 24.4 Å². The lowest BCUT2D eigenvalue weighted by molar-refractivity contribution is -0.141. The molecule has 4 rings (SSSR count). The minimum Gasteiger partial charge on any atom is -0.344 e. The molecule has 3 heterocycles. The lowest BCUT2D eigenvalue weighted by atomic mass is 10.0. The van der Waals surface area contributed by atoms with Crippen molar-refractivity contribution in [2.45, 2.75) is 31.1 Å². The highest BCUT2D eigenvalue weighted by Gasteiger charge is 2.32. The lowest BCUT2D eigenvalue weighted by Crippen LogP contribution is -2.29. The fourth-order valence-electron chi connectivity index (χ4n) is 3.79. The Morgan fingerprint density at radius 1 is 1.21 bits per heavy atom. The summed E-state index contributed by atoms with van der Waals surface area (Å²) in [5.74, 6) is -0.334. The van der Waals surface area contributed by atoms with E-state index in [4.69, 9.17) is 11.6 Å². The number of hydrogen-bond donors (Lipinski definition) is 0. The van der Waals surface area contributed by atoms with Crippen molar-refractivity contribution in [3.8, 4) is 0 Å². The van der Waals surface area contributed by atoms with Crippen molar-refractivity contribution in [1.82, 2.24) is 14.5 Å². The quantitative estimate of drug-likeness (QED) is 0.337. The second kappa shape index (κ2) is 7.04. The Morgan fingerprint density at radius 2 is 2.00 bits per heavy atom. The van der Waals surface area contributed by atoms with Crippen LogP contribution in [-0.4, -0.2) is 28.0 Å². The number of nitrogens with zero attached hydrogens (tertiary/aromatic N) is 3. The van der Waals surface area contributed by atoms with Crippen LogP contribution in [0.3, 0.4) is 0 Å². The van der Waals surface area contributed by atoms with Gasteiger partial charge < -0.3 is 4.57 Å². The van der Waals surface area contributed by atoms with E-state index in [2.05, 4.69) is 4.98 Å². The number of pyridine rings is 1. The molecule has 1 aliphatic rings. The van der Waals surface area contributed by atoms with Crippen LogP contribution in [0.1, 0.15) is 28.0 Å². The minimum absolute atomic E-state index is 0.300. The molecule has 148 valence electrons. The summed E-state index contributed by atoms with van der Waals surface area (Å²) in [6.07, 6.45) is -1.94.